The molecule has 0 aromatic heterocycles. The van der Waals surface area contributed by atoms with Crippen molar-refractivity contribution in [3.8, 4) is 0 Å². The first-order chi connectivity index (χ1) is 1.41. The van der Waals surface area contributed by atoms with E-state index < -0.39 is 35.4 Å². The van der Waals surface area contributed by atoms with Crippen LogP contribution in [0, 0.1) is 0 Å². The van der Waals surface area contributed by atoms with Gasteiger partial charge >= 0.3 is 38.1 Å². The van der Waals surface area contributed by atoms with Crippen LogP contribution in [0.15, 0.2) is 0 Å². The molecule has 4 heavy (non-hydrogen) atoms. The first-order valence-corrected chi connectivity index (χ1v) is 2.20. The average molecular weight is 167 g/mol. The summed E-state index contributed by atoms with van der Waals surface area (Å²) >= 11 is -2.88. The standard InChI is InChI=1S/Ca.2FH.Y/h;2*1H;/q+2;;;/p-2. The molecule has 0 nitrogen and oxygen atoms in total. The van der Waals surface area contributed by atoms with Crippen LogP contribution in [0.5, 0.6) is 0 Å². The van der Waals surface area contributed by atoms with E-state index in [1.807, 2.05) is 0 Å². The van der Waals surface area contributed by atoms with Gasteiger partial charge in [0.1, 0.15) is 0 Å². The van der Waals surface area contributed by atoms with Crippen molar-refractivity contribution in [2.24, 2.45) is 0 Å². The van der Waals surface area contributed by atoms with Gasteiger partial charge < -0.3 is 0 Å². The molecule has 0 atom stereocenters. The van der Waals surface area contributed by atoms with Crippen LogP contribution in [0.25, 0.3) is 0 Å². The van der Waals surface area contributed by atoms with Gasteiger partial charge in [0.2, 0.25) is 0 Å². The van der Waals surface area contributed by atoms with Gasteiger partial charge in [-0.1, -0.05) is 0 Å². The minimum absolute atomic E-state index is 0. The third-order valence-corrected chi connectivity index (χ3v) is 0. The van der Waals surface area contributed by atoms with Crippen LogP contribution >= 0.6 is 0 Å². The molecule has 0 heterocycles. The molecule has 0 fully saturated rings. The fourth-order valence-electron chi connectivity index (χ4n) is 0. The number of rotatable bonds is 0. The maximum Gasteiger partial charge on any atom is 0 e. The van der Waals surface area contributed by atoms with Crippen LogP contribution in [0.3, 0.4) is 0 Å². The predicted molar refractivity (Wildman–Crippen MR) is 7.97 cm³/mol. The summed E-state index contributed by atoms with van der Waals surface area (Å²) in [6.07, 6.45) is 0. The smallest absolute Gasteiger partial charge is 0 e. The molecule has 0 aromatic carbocycles. The summed E-state index contributed by atoms with van der Waals surface area (Å²) in [5.41, 5.74) is 0. The van der Waals surface area contributed by atoms with Crippen molar-refractivity contribution in [1.82, 2.24) is 0 Å². The molecule has 0 aliphatic carbocycles. The normalized spacial score (nSPS) is 2.50. The fourth-order valence-corrected chi connectivity index (χ4v) is 0. The van der Waals surface area contributed by atoms with Crippen molar-refractivity contribution in [2.75, 3.05) is 0 Å². The van der Waals surface area contributed by atoms with Crippen molar-refractivity contribution in [1.29, 1.82) is 0 Å². The number of hydrogen-bond donors (Lipinski definition) is 0. The molecule has 0 bridgehead atoms. The average Bonchev–Trinajstić information content (AvgIpc) is 0.918. The van der Waals surface area contributed by atoms with Crippen molar-refractivity contribution >= 4 is 35.4 Å². The summed E-state index contributed by atoms with van der Waals surface area (Å²) in [5.74, 6) is 0. The van der Waals surface area contributed by atoms with Gasteiger partial charge in [0.15, 0.2) is 0 Å². The quantitative estimate of drug-likeness (QED) is 0.459. The Bertz CT molecular complexity index is 6.00. The van der Waals surface area contributed by atoms with Crippen molar-refractivity contribution in [3.05, 3.63) is 0 Å². The molecule has 0 saturated carbocycles. The second kappa shape index (κ2) is 8.97. The summed E-state index contributed by atoms with van der Waals surface area (Å²) in [7, 11) is 0. The maximum atomic E-state index is 9.81. The third kappa shape index (κ3) is 8.88. The van der Waals surface area contributed by atoms with E-state index in [1.165, 1.54) is 0 Å². The van der Waals surface area contributed by atoms with Crippen molar-refractivity contribution < 1.29 is 35.4 Å². The van der Waals surface area contributed by atoms with Crippen molar-refractivity contribution in [2.45, 2.75) is 0 Å². The molecular weight excluding hydrogens is 167 g/mol. The first kappa shape index (κ1) is 9.52. The van der Waals surface area contributed by atoms with Crippen LogP contribution in [-0.2, 0) is 32.7 Å². The van der Waals surface area contributed by atoms with E-state index in [0.717, 1.165) is 0 Å². The van der Waals surface area contributed by atoms with Gasteiger partial charge in [-0.2, -0.15) is 0 Å². The molecule has 0 amide bonds. The summed E-state index contributed by atoms with van der Waals surface area (Å²) in [6, 6.07) is 0. The fraction of sp³-hybridized carbons (Fsp3) is 0. The first-order valence-electron chi connectivity index (χ1n) is 0.535. The summed E-state index contributed by atoms with van der Waals surface area (Å²) in [4.78, 5) is 0. The zero-order valence-electron chi connectivity index (χ0n) is 2.04. The van der Waals surface area contributed by atoms with Crippen molar-refractivity contribution in [3.63, 3.8) is 0 Å². The number of halogens is 2. The van der Waals surface area contributed by atoms with Gasteiger partial charge in [0, 0.05) is 32.7 Å². The Balaban J connectivity index is 0. The van der Waals surface area contributed by atoms with Gasteiger partial charge in [-0.25, -0.2) is 0 Å². The summed E-state index contributed by atoms with van der Waals surface area (Å²) < 4.78 is 19.6. The molecule has 4 heteroatoms. The molecule has 0 aromatic rings. The van der Waals surface area contributed by atoms with Gasteiger partial charge in [0.05, 0.1) is 0 Å². The van der Waals surface area contributed by atoms with Gasteiger partial charge in [-0.15, -0.1) is 0 Å². The Hall–Kier alpha value is 2.22. The van der Waals surface area contributed by atoms with E-state index >= 15 is 0 Å². The van der Waals surface area contributed by atoms with E-state index in [-0.39, 0.29) is 32.7 Å². The van der Waals surface area contributed by atoms with Crippen LogP contribution in [-0.4, -0.2) is 35.4 Å². The SMILES string of the molecule is [F][Ca][F].[Y]. The molecule has 0 rings (SSSR count). The minimum atomic E-state index is -2.88. The second-order valence-electron chi connectivity index (χ2n) is 0.101. The van der Waals surface area contributed by atoms with Gasteiger partial charge in [-0.3, -0.25) is 0 Å². The second-order valence-corrected chi connectivity index (χ2v) is 0.416. The maximum absolute atomic E-state index is 9.81. The Morgan fingerprint density at radius 2 is 1.25 bits per heavy atom. The zero-order chi connectivity index (χ0) is 2.71. The molecule has 0 aliphatic heterocycles. The third-order valence-electron chi connectivity index (χ3n) is 0. The topological polar surface area (TPSA) is 0 Å². The van der Waals surface area contributed by atoms with E-state index in [1.54, 1.807) is 0 Å². The summed E-state index contributed by atoms with van der Waals surface area (Å²) in [5, 5.41) is 0. The summed E-state index contributed by atoms with van der Waals surface area (Å²) in [6.45, 7) is 0. The van der Waals surface area contributed by atoms with Crippen LogP contribution in [0.1, 0.15) is 0 Å². The van der Waals surface area contributed by atoms with E-state index in [0.29, 0.717) is 0 Å². The van der Waals surface area contributed by atoms with Crippen LogP contribution < -0.4 is 0 Å². The molecule has 0 saturated heterocycles. The van der Waals surface area contributed by atoms with E-state index in [9.17, 15) is 2.73 Å². The molecular formula is CaF2Y. The monoisotopic (exact) mass is 167 g/mol. The Labute approximate surface area is 69.3 Å². The number of hydrogen-bond acceptors (Lipinski definition) is 0. The Morgan fingerprint density at radius 3 is 1.25 bits per heavy atom. The molecule has 0 aliphatic rings. The molecule has 0 spiro atoms. The Morgan fingerprint density at radius 1 is 1.25 bits per heavy atom. The zero-order valence-corrected chi connectivity index (χ0v) is 7.09. The molecule has 0 N–H and O–H groups in total. The molecule has 0 unspecified atom stereocenters. The van der Waals surface area contributed by atoms with Crippen LogP contribution in [0.2, 0.25) is 0 Å². The van der Waals surface area contributed by atoms with Gasteiger partial charge in [-0.05, 0) is 0 Å². The minimum Gasteiger partial charge on any atom is 0 e. The van der Waals surface area contributed by atoms with E-state index in [4.69, 9.17) is 0 Å². The van der Waals surface area contributed by atoms with Crippen LogP contribution in [0.4, 0.5) is 2.73 Å². The van der Waals surface area contributed by atoms with Gasteiger partial charge in [0.25, 0.3) is 0 Å². The molecule has 1 radical (unpaired) electrons. The Kier molecular flexibility index (Phi) is 21.3. The predicted octanol–water partition coefficient (Wildman–Crippen LogP) is 0.457. The van der Waals surface area contributed by atoms with E-state index in [2.05, 4.69) is 0 Å². The largest absolute Gasteiger partial charge is 0 e. The molecule has 19 valence electrons.